The molecule has 11 rings (SSSR count). The van der Waals surface area contributed by atoms with E-state index in [2.05, 4.69) is 224 Å². The zero-order valence-corrected chi connectivity index (χ0v) is 32.3. The van der Waals surface area contributed by atoms with Gasteiger partial charge in [0.25, 0.3) is 0 Å². The zero-order valence-electron chi connectivity index (χ0n) is 32.3. The molecule has 1 aromatic heterocycles. The van der Waals surface area contributed by atoms with Crippen LogP contribution >= 0.6 is 0 Å². The molecule has 0 saturated heterocycles. The Hall–Kier alpha value is -7.68. The molecular weight excluding hydrogens is 713 g/mol. The minimum absolute atomic E-state index is 0.488. The van der Waals surface area contributed by atoms with E-state index in [0.29, 0.717) is 5.82 Å². The predicted molar refractivity (Wildman–Crippen MR) is 244 cm³/mol. The summed E-state index contributed by atoms with van der Waals surface area (Å²) >= 11 is 0. The van der Waals surface area contributed by atoms with Crippen LogP contribution in [0, 0.1) is 0 Å². The van der Waals surface area contributed by atoms with Crippen LogP contribution in [0.25, 0.3) is 78.1 Å². The summed E-state index contributed by atoms with van der Waals surface area (Å²) in [5, 5.41) is 1.02. The van der Waals surface area contributed by atoms with E-state index >= 15 is 0 Å². The van der Waals surface area contributed by atoms with E-state index in [4.69, 9.17) is 9.97 Å². The summed E-state index contributed by atoms with van der Waals surface area (Å²) in [6, 6.07) is 83.1. The largest absolute Gasteiger partial charge is 0.228 e. The van der Waals surface area contributed by atoms with E-state index in [-0.39, 0.29) is 0 Å². The molecule has 2 heteroatoms. The summed E-state index contributed by atoms with van der Waals surface area (Å²) in [5.74, 6) is 0.704. The van der Waals surface area contributed by atoms with Crippen molar-refractivity contribution in [3.05, 3.63) is 253 Å². The van der Waals surface area contributed by atoms with Crippen LogP contribution in [0.4, 0.5) is 0 Å². The quantitative estimate of drug-likeness (QED) is 0.162. The van der Waals surface area contributed by atoms with Gasteiger partial charge in [-0.1, -0.05) is 200 Å². The third-order valence-corrected chi connectivity index (χ3v) is 12.0. The van der Waals surface area contributed by atoms with Crippen molar-refractivity contribution in [3.8, 4) is 67.2 Å². The number of rotatable bonds is 7. The Balaban J connectivity index is 1.11. The molecule has 276 valence electrons. The fraction of sp³-hybridized carbons (Fsp3) is 0.0175. The second-order valence-corrected chi connectivity index (χ2v) is 15.3. The molecule has 0 radical (unpaired) electrons. The fourth-order valence-electron chi connectivity index (χ4n) is 9.24. The molecule has 59 heavy (non-hydrogen) atoms. The average Bonchev–Trinajstić information content (AvgIpc) is 3.63. The van der Waals surface area contributed by atoms with Gasteiger partial charge in [0, 0.05) is 16.5 Å². The Labute approximate surface area is 344 Å². The van der Waals surface area contributed by atoms with E-state index in [9.17, 15) is 0 Å². The number of aromatic nitrogens is 2. The maximum Gasteiger partial charge on any atom is 0.160 e. The number of hydrogen-bond donors (Lipinski definition) is 0. The van der Waals surface area contributed by atoms with E-state index in [1.165, 1.54) is 38.9 Å². The summed E-state index contributed by atoms with van der Waals surface area (Å²) < 4.78 is 0. The molecule has 0 unspecified atom stereocenters. The van der Waals surface area contributed by atoms with Crippen LogP contribution in [-0.4, -0.2) is 9.97 Å². The normalized spacial score (nSPS) is 12.5. The van der Waals surface area contributed by atoms with Gasteiger partial charge in [0.1, 0.15) is 0 Å². The summed E-state index contributed by atoms with van der Waals surface area (Å²) in [6.45, 7) is 0. The molecule has 1 aliphatic carbocycles. The van der Waals surface area contributed by atoms with Crippen LogP contribution in [0.15, 0.2) is 231 Å². The summed E-state index contributed by atoms with van der Waals surface area (Å²) in [5.41, 5.74) is 17.9. The van der Waals surface area contributed by atoms with Gasteiger partial charge in [0.05, 0.1) is 16.6 Å². The van der Waals surface area contributed by atoms with Gasteiger partial charge in [-0.15, -0.1) is 0 Å². The van der Waals surface area contributed by atoms with Crippen LogP contribution in [0.5, 0.6) is 0 Å². The number of nitrogens with zero attached hydrogens (tertiary/aromatic N) is 2. The minimum atomic E-state index is -0.488. The molecule has 9 aromatic carbocycles. The fourth-order valence-corrected chi connectivity index (χ4v) is 9.24. The molecule has 10 aromatic rings. The SMILES string of the molecule is c1ccc(-c2ccc(-c3nc(-c4cc(-c5ccccc5)cc(-c5cccc(C6(c7ccccc7)c7ccccc7-c7ccccc76)c5)c4)c4ccccc4n3)cc2)cc1. The number of benzene rings is 9. The smallest absolute Gasteiger partial charge is 0.160 e. The van der Waals surface area contributed by atoms with Crippen molar-refractivity contribution < 1.29 is 0 Å². The van der Waals surface area contributed by atoms with Crippen molar-refractivity contribution in [1.82, 2.24) is 9.97 Å². The summed E-state index contributed by atoms with van der Waals surface area (Å²) in [4.78, 5) is 10.5. The van der Waals surface area contributed by atoms with Gasteiger partial charge in [-0.25, -0.2) is 9.97 Å². The van der Waals surface area contributed by atoms with Crippen LogP contribution in [0.3, 0.4) is 0 Å². The molecule has 0 aliphatic heterocycles. The lowest BCUT2D eigenvalue weighted by Gasteiger charge is -2.34. The van der Waals surface area contributed by atoms with Crippen molar-refractivity contribution >= 4 is 10.9 Å². The highest BCUT2D eigenvalue weighted by molar-refractivity contribution is 5.96. The van der Waals surface area contributed by atoms with Crippen molar-refractivity contribution in [3.63, 3.8) is 0 Å². The molecule has 0 bridgehead atoms. The molecular formula is C57H38N2. The molecule has 0 amide bonds. The monoisotopic (exact) mass is 750 g/mol. The van der Waals surface area contributed by atoms with E-state index in [1.54, 1.807) is 0 Å². The molecule has 2 nitrogen and oxygen atoms in total. The van der Waals surface area contributed by atoms with Gasteiger partial charge in [-0.2, -0.15) is 0 Å². The first-order valence-electron chi connectivity index (χ1n) is 20.2. The highest BCUT2D eigenvalue weighted by atomic mass is 14.9. The maximum atomic E-state index is 5.38. The van der Waals surface area contributed by atoms with Crippen molar-refractivity contribution in [1.29, 1.82) is 0 Å². The zero-order chi connectivity index (χ0) is 39.2. The van der Waals surface area contributed by atoms with Gasteiger partial charge in [0.15, 0.2) is 5.82 Å². The van der Waals surface area contributed by atoms with Gasteiger partial charge in [-0.05, 0) is 97.1 Å². The standard InChI is InChI=1S/C57H38N2/c1-4-17-39(18-5-1)41-31-33-42(34-32-41)56-58-54-30-15-12-27-51(54)55(59-56)46-36-44(40-19-6-2-7-20-40)35-45(37-46)43-21-16-24-48(38-43)57(47-22-8-3-9-23-47)52-28-13-10-25-49(52)50-26-11-14-29-53(50)57/h1-38H. The van der Waals surface area contributed by atoms with Crippen molar-refractivity contribution in [2.24, 2.45) is 0 Å². The van der Waals surface area contributed by atoms with Gasteiger partial charge >= 0.3 is 0 Å². The number of hydrogen-bond acceptors (Lipinski definition) is 2. The molecule has 1 heterocycles. The topological polar surface area (TPSA) is 25.8 Å². The highest BCUT2D eigenvalue weighted by Crippen LogP contribution is 2.56. The molecule has 0 atom stereocenters. The van der Waals surface area contributed by atoms with Crippen LogP contribution in [0.1, 0.15) is 22.3 Å². The second-order valence-electron chi connectivity index (χ2n) is 15.3. The van der Waals surface area contributed by atoms with Crippen molar-refractivity contribution in [2.45, 2.75) is 5.41 Å². The van der Waals surface area contributed by atoms with Crippen LogP contribution in [-0.2, 0) is 5.41 Å². The first-order valence-corrected chi connectivity index (χ1v) is 20.2. The van der Waals surface area contributed by atoms with Gasteiger partial charge < -0.3 is 0 Å². The second kappa shape index (κ2) is 14.4. The third kappa shape index (κ3) is 5.88. The molecule has 0 saturated carbocycles. The lowest BCUT2D eigenvalue weighted by Crippen LogP contribution is -2.28. The average molecular weight is 751 g/mol. The first-order chi connectivity index (χ1) is 29.2. The summed E-state index contributed by atoms with van der Waals surface area (Å²) in [6.07, 6.45) is 0. The first kappa shape index (κ1) is 34.6. The van der Waals surface area contributed by atoms with E-state index in [0.717, 1.165) is 55.5 Å². The lowest BCUT2D eigenvalue weighted by molar-refractivity contribution is 0.769. The Morgan fingerprint density at radius 1 is 0.288 bits per heavy atom. The molecule has 0 spiro atoms. The Morgan fingerprint density at radius 2 is 0.763 bits per heavy atom. The van der Waals surface area contributed by atoms with Crippen molar-refractivity contribution in [2.75, 3.05) is 0 Å². The summed E-state index contributed by atoms with van der Waals surface area (Å²) in [7, 11) is 0. The predicted octanol–water partition coefficient (Wildman–Crippen LogP) is 14.3. The Kier molecular flexibility index (Phi) is 8.41. The minimum Gasteiger partial charge on any atom is -0.228 e. The molecule has 1 aliphatic rings. The number of fused-ring (bicyclic) bond motifs is 4. The molecule has 0 fully saturated rings. The van der Waals surface area contributed by atoms with Gasteiger partial charge in [-0.3, -0.25) is 0 Å². The molecule has 0 N–H and O–H groups in total. The highest BCUT2D eigenvalue weighted by Gasteiger charge is 2.45. The third-order valence-electron chi connectivity index (χ3n) is 12.0. The van der Waals surface area contributed by atoms with E-state index < -0.39 is 5.41 Å². The van der Waals surface area contributed by atoms with Crippen LogP contribution < -0.4 is 0 Å². The number of para-hydroxylation sites is 1. The van der Waals surface area contributed by atoms with Crippen LogP contribution in [0.2, 0.25) is 0 Å². The van der Waals surface area contributed by atoms with E-state index in [1.807, 2.05) is 6.07 Å². The lowest BCUT2D eigenvalue weighted by atomic mass is 9.67. The maximum absolute atomic E-state index is 5.38. The Morgan fingerprint density at radius 3 is 1.44 bits per heavy atom. The Bertz CT molecular complexity index is 3090. The van der Waals surface area contributed by atoms with Gasteiger partial charge in [0.2, 0.25) is 0 Å².